The predicted octanol–water partition coefficient (Wildman–Crippen LogP) is 0.519. The third kappa shape index (κ3) is 4.78. The summed E-state index contributed by atoms with van der Waals surface area (Å²) >= 11 is 1.57. The number of carbonyl (C=O) groups excluding carboxylic acids is 2. The van der Waals surface area contributed by atoms with Crippen molar-refractivity contribution in [1.82, 2.24) is 15.2 Å². The van der Waals surface area contributed by atoms with E-state index in [0.717, 1.165) is 43.1 Å². The van der Waals surface area contributed by atoms with Crippen molar-refractivity contribution < 1.29 is 9.59 Å². The number of thiazole rings is 1. The van der Waals surface area contributed by atoms with Crippen LogP contribution in [-0.4, -0.2) is 41.3 Å². The first-order valence-corrected chi connectivity index (χ1v) is 8.18. The average Bonchev–Trinajstić information content (AvgIpc) is 2.94. The second-order valence-electron chi connectivity index (χ2n) is 5.32. The quantitative estimate of drug-likeness (QED) is 0.802. The molecule has 0 unspecified atom stereocenters. The van der Waals surface area contributed by atoms with Crippen molar-refractivity contribution in [2.24, 2.45) is 11.7 Å². The first kappa shape index (κ1) is 15.9. The van der Waals surface area contributed by atoms with Gasteiger partial charge in [0.05, 0.1) is 18.8 Å². The maximum atomic E-state index is 11.9. The summed E-state index contributed by atoms with van der Waals surface area (Å²) in [6.07, 6.45) is 2.41. The lowest BCUT2D eigenvalue weighted by atomic mass is 9.96. The van der Waals surface area contributed by atoms with Crippen LogP contribution in [0, 0.1) is 5.92 Å². The van der Waals surface area contributed by atoms with Crippen molar-refractivity contribution in [1.29, 1.82) is 0 Å². The van der Waals surface area contributed by atoms with E-state index in [9.17, 15) is 9.59 Å². The number of carbonyl (C=O) groups is 2. The molecule has 3 N–H and O–H groups in total. The lowest BCUT2D eigenvalue weighted by molar-refractivity contribution is -0.124. The van der Waals surface area contributed by atoms with Gasteiger partial charge in [-0.3, -0.25) is 14.5 Å². The molecule has 1 aliphatic heterocycles. The smallest absolute Gasteiger partial charge is 0.234 e. The molecule has 21 heavy (non-hydrogen) atoms. The molecule has 0 aromatic carbocycles. The van der Waals surface area contributed by atoms with Crippen LogP contribution in [0.1, 0.15) is 30.5 Å². The molecule has 2 rings (SSSR count). The standard InChI is InChI=1S/C14H22N4O2S/c1-2-11-9-21-13(17-11)7-16-12(19)8-18-5-3-10(4-6-18)14(15)20/h9-10H,2-8H2,1H3,(H2,15,20)(H,16,19). The van der Waals surface area contributed by atoms with E-state index < -0.39 is 0 Å². The Balaban J connectivity index is 1.69. The van der Waals surface area contributed by atoms with E-state index in [-0.39, 0.29) is 17.7 Å². The Morgan fingerprint density at radius 3 is 2.76 bits per heavy atom. The monoisotopic (exact) mass is 310 g/mol. The zero-order valence-electron chi connectivity index (χ0n) is 12.3. The van der Waals surface area contributed by atoms with Gasteiger partial charge in [0.15, 0.2) is 0 Å². The van der Waals surface area contributed by atoms with E-state index in [0.29, 0.717) is 13.1 Å². The number of aryl methyl sites for hydroxylation is 1. The van der Waals surface area contributed by atoms with Gasteiger partial charge in [0, 0.05) is 11.3 Å². The van der Waals surface area contributed by atoms with Crippen LogP contribution in [0.5, 0.6) is 0 Å². The van der Waals surface area contributed by atoms with Crippen molar-refractivity contribution in [3.05, 3.63) is 16.1 Å². The normalized spacial score (nSPS) is 16.8. The number of likely N-dealkylation sites (tertiary alicyclic amines) is 1. The number of hydrogen-bond donors (Lipinski definition) is 2. The molecule has 116 valence electrons. The molecular formula is C14H22N4O2S. The Bertz CT molecular complexity index is 495. The molecule has 1 aliphatic rings. The lowest BCUT2D eigenvalue weighted by Crippen LogP contribution is -2.43. The Morgan fingerprint density at radius 2 is 2.19 bits per heavy atom. The minimum Gasteiger partial charge on any atom is -0.369 e. The summed E-state index contributed by atoms with van der Waals surface area (Å²) < 4.78 is 0. The largest absolute Gasteiger partial charge is 0.369 e. The molecular weight excluding hydrogens is 288 g/mol. The highest BCUT2D eigenvalue weighted by molar-refractivity contribution is 7.09. The summed E-state index contributed by atoms with van der Waals surface area (Å²) in [6, 6.07) is 0. The number of hydrogen-bond acceptors (Lipinski definition) is 5. The molecule has 0 bridgehead atoms. The number of nitrogens with one attached hydrogen (secondary N) is 1. The Hall–Kier alpha value is -1.47. The predicted molar refractivity (Wildman–Crippen MR) is 81.7 cm³/mol. The van der Waals surface area contributed by atoms with Crippen LogP contribution in [0.2, 0.25) is 0 Å². The molecule has 0 aliphatic carbocycles. The fourth-order valence-electron chi connectivity index (χ4n) is 2.40. The van der Waals surface area contributed by atoms with Gasteiger partial charge in [0.1, 0.15) is 5.01 Å². The summed E-state index contributed by atoms with van der Waals surface area (Å²) in [5.41, 5.74) is 6.36. The Morgan fingerprint density at radius 1 is 1.48 bits per heavy atom. The summed E-state index contributed by atoms with van der Waals surface area (Å²) in [4.78, 5) is 29.5. The van der Waals surface area contributed by atoms with Gasteiger partial charge in [0.2, 0.25) is 11.8 Å². The van der Waals surface area contributed by atoms with Crippen LogP contribution < -0.4 is 11.1 Å². The highest BCUT2D eigenvalue weighted by atomic mass is 32.1. The van der Waals surface area contributed by atoms with Gasteiger partial charge in [-0.25, -0.2) is 4.98 Å². The molecule has 1 aromatic rings. The maximum absolute atomic E-state index is 11.9. The molecule has 1 fully saturated rings. The number of aromatic nitrogens is 1. The van der Waals surface area contributed by atoms with E-state index in [4.69, 9.17) is 5.73 Å². The van der Waals surface area contributed by atoms with Gasteiger partial charge in [0.25, 0.3) is 0 Å². The molecule has 0 saturated carbocycles. The highest BCUT2D eigenvalue weighted by Gasteiger charge is 2.24. The number of nitrogens with zero attached hydrogens (tertiary/aromatic N) is 2. The fourth-order valence-corrected chi connectivity index (χ4v) is 3.22. The topological polar surface area (TPSA) is 88.3 Å². The zero-order valence-corrected chi connectivity index (χ0v) is 13.1. The number of amides is 2. The van der Waals surface area contributed by atoms with Gasteiger partial charge < -0.3 is 11.1 Å². The Labute approximate surface area is 128 Å². The van der Waals surface area contributed by atoms with Gasteiger partial charge >= 0.3 is 0 Å². The summed E-state index contributed by atoms with van der Waals surface area (Å²) in [5, 5.41) is 5.85. The minimum atomic E-state index is -0.227. The number of primary amides is 1. The molecule has 2 heterocycles. The van der Waals surface area contributed by atoms with Crippen molar-refractivity contribution in [2.75, 3.05) is 19.6 Å². The van der Waals surface area contributed by atoms with Crippen LogP contribution in [-0.2, 0) is 22.6 Å². The summed E-state index contributed by atoms with van der Waals surface area (Å²) in [5.74, 6) is -0.262. The van der Waals surface area contributed by atoms with Crippen molar-refractivity contribution in [2.45, 2.75) is 32.7 Å². The SMILES string of the molecule is CCc1csc(CNC(=O)CN2CCC(C(N)=O)CC2)n1. The first-order chi connectivity index (χ1) is 10.1. The zero-order chi connectivity index (χ0) is 15.2. The van der Waals surface area contributed by atoms with E-state index in [1.54, 1.807) is 11.3 Å². The molecule has 7 heteroatoms. The van der Waals surface area contributed by atoms with Crippen LogP contribution >= 0.6 is 11.3 Å². The number of piperidine rings is 1. The third-order valence-electron chi connectivity index (χ3n) is 3.76. The summed E-state index contributed by atoms with van der Waals surface area (Å²) in [6.45, 7) is 4.42. The van der Waals surface area contributed by atoms with Gasteiger partial charge in [-0.2, -0.15) is 0 Å². The molecule has 0 atom stereocenters. The fraction of sp³-hybridized carbons (Fsp3) is 0.643. The minimum absolute atomic E-state index is 0.000716. The second kappa shape index (κ2) is 7.51. The number of rotatable bonds is 6. The lowest BCUT2D eigenvalue weighted by Gasteiger charge is -2.29. The molecule has 1 aromatic heterocycles. The molecule has 2 amide bonds. The van der Waals surface area contributed by atoms with E-state index in [1.807, 2.05) is 5.38 Å². The van der Waals surface area contributed by atoms with Crippen molar-refractivity contribution >= 4 is 23.2 Å². The molecule has 0 radical (unpaired) electrons. The first-order valence-electron chi connectivity index (χ1n) is 7.30. The molecule has 6 nitrogen and oxygen atoms in total. The summed E-state index contributed by atoms with van der Waals surface area (Å²) in [7, 11) is 0. The molecule has 1 saturated heterocycles. The highest BCUT2D eigenvalue weighted by Crippen LogP contribution is 2.16. The van der Waals surface area contributed by atoms with Crippen molar-refractivity contribution in [3.63, 3.8) is 0 Å². The number of nitrogens with two attached hydrogens (primary N) is 1. The third-order valence-corrected chi connectivity index (χ3v) is 4.65. The van der Waals surface area contributed by atoms with Crippen LogP contribution in [0.25, 0.3) is 0 Å². The van der Waals surface area contributed by atoms with Gasteiger partial charge in [-0.05, 0) is 32.4 Å². The Kier molecular flexibility index (Phi) is 5.69. The van der Waals surface area contributed by atoms with Crippen molar-refractivity contribution in [3.8, 4) is 0 Å². The van der Waals surface area contributed by atoms with Gasteiger partial charge in [-0.1, -0.05) is 6.92 Å². The average molecular weight is 310 g/mol. The maximum Gasteiger partial charge on any atom is 0.234 e. The van der Waals surface area contributed by atoms with E-state index in [1.165, 1.54) is 0 Å². The van der Waals surface area contributed by atoms with Crippen LogP contribution in [0.3, 0.4) is 0 Å². The van der Waals surface area contributed by atoms with E-state index >= 15 is 0 Å². The van der Waals surface area contributed by atoms with Crippen LogP contribution in [0.15, 0.2) is 5.38 Å². The van der Waals surface area contributed by atoms with Gasteiger partial charge in [-0.15, -0.1) is 11.3 Å². The van der Waals surface area contributed by atoms with Crippen LogP contribution in [0.4, 0.5) is 0 Å². The van der Waals surface area contributed by atoms with E-state index in [2.05, 4.69) is 22.1 Å². The molecule has 0 spiro atoms. The second-order valence-corrected chi connectivity index (χ2v) is 6.26.